The Bertz CT molecular complexity index is 1140. The van der Waals surface area contributed by atoms with Gasteiger partial charge >= 0.3 is 0 Å². The molecule has 1 heterocycles. The summed E-state index contributed by atoms with van der Waals surface area (Å²) in [5.74, 6) is 1.74. The van der Waals surface area contributed by atoms with Gasteiger partial charge in [0.2, 0.25) is 0 Å². The average Bonchev–Trinajstić information content (AvgIpc) is 2.82. The lowest BCUT2D eigenvalue weighted by Crippen LogP contribution is -2.15. The Balaban J connectivity index is 1.17. The van der Waals surface area contributed by atoms with Crippen molar-refractivity contribution in [2.75, 3.05) is 13.2 Å². The minimum absolute atomic E-state index is 0.636. The lowest BCUT2D eigenvalue weighted by atomic mass is 9.99. The molecular weight excluding hydrogens is 368 g/mol. The van der Waals surface area contributed by atoms with Crippen molar-refractivity contribution in [3.05, 3.63) is 107 Å². The molecule has 2 heteroatoms. The number of aryl methyl sites for hydroxylation is 4. The molecule has 0 N–H and O–H groups in total. The third kappa shape index (κ3) is 4.33. The molecule has 150 valence electrons. The lowest BCUT2D eigenvalue weighted by molar-refractivity contribution is 0.171. The molecule has 0 saturated heterocycles. The summed E-state index contributed by atoms with van der Waals surface area (Å²) in [6.07, 6.45) is 4.18. The number of hydrogen-bond donors (Lipinski definition) is 0. The maximum Gasteiger partial charge on any atom is 0.161 e. The van der Waals surface area contributed by atoms with Crippen molar-refractivity contribution in [2.45, 2.75) is 25.7 Å². The van der Waals surface area contributed by atoms with Gasteiger partial charge in [-0.25, -0.2) is 0 Å². The highest BCUT2D eigenvalue weighted by Gasteiger charge is 2.11. The predicted molar refractivity (Wildman–Crippen MR) is 123 cm³/mol. The van der Waals surface area contributed by atoms with Crippen LogP contribution >= 0.6 is 0 Å². The predicted octanol–water partition coefficient (Wildman–Crippen LogP) is 6.18. The van der Waals surface area contributed by atoms with E-state index in [0.717, 1.165) is 37.2 Å². The molecule has 1 aliphatic rings. The quantitative estimate of drug-likeness (QED) is 0.389. The second-order valence-electron chi connectivity index (χ2n) is 7.98. The van der Waals surface area contributed by atoms with E-state index in [4.69, 9.17) is 9.47 Å². The van der Waals surface area contributed by atoms with Crippen molar-refractivity contribution in [1.29, 1.82) is 0 Å². The van der Waals surface area contributed by atoms with Crippen molar-refractivity contribution in [2.24, 2.45) is 0 Å². The minimum atomic E-state index is 0.636. The van der Waals surface area contributed by atoms with Gasteiger partial charge in [0, 0.05) is 0 Å². The first-order valence-corrected chi connectivity index (χ1v) is 10.8. The number of rotatable bonds is 6. The van der Waals surface area contributed by atoms with Crippen LogP contribution < -0.4 is 9.47 Å². The highest BCUT2D eigenvalue weighted by Crippen LogP contribution is 2.31. The molecule has 0 bridgehead atoms. The molecule has 5 rings (SSSR count). The van der Waals surface area contributed by atoms with Gasteiger partial charge in [-0.2, -0.15) is 0 Å². The first kappa shape index (κ1) is 18.7. The number of fused-ring (bicyclic) bond motifs is 2. The minimum Gasteiger partial charge on any atom is -0.486 e. The second kappa shape index (κ2) is 8.62. The first-order valence-electron chi connectivity index (χ1n) is 10.8. The largest absolute Gasteiger partial charge is 0.486 e. The maximum atomic E-state index is 5.69. The third-order valence-electron chi connectivity index (χ3n) is 5.85. The van der Waals surface area contributed by atoms with Crippen LogP contribution in [-0.4, -0.2) is 13.2 Å². The molecule has 4 aromatic rings. The van der Waals surface area contributed by atoms with Crippen LogP contribution in [0.25, 0.3) is 10.8 Å². The smallest absolute Gasteiger partial charge is 0.161 e. The van der Waals surface area contributed by atoms with Gasteiger partial charge in [0.25, 0.3) is 0 Å². The van der Waals surface area contributed by atoms with Crippen LogP contribution in [0.1, 0.15) is 22.3 Å². The summed E-state index contributed by atoms with van der Waals surface area (Å²) in [7, 11) is 0. The van der Waals surface area contributed by atoms with Crippen LogP contribution in [0, 0.1) is 0 Å². The summed E-state index contributed by atoms with van der Waals surface area (Å²) in [6.45, 7) is 1.27. The van der Waals surface area contributed by atoms with Crippen molar-refractivity contribution in [3.63, 3.8) is 0 Å². The molecule has 0 unspecified atom stereocenters. The van der Waals surface area contributed by atoms with Gasteiger partial charge < -0.3 is 9.47 Å². The van der Waals surface area contributed by atoms with Crippen LogP contribution in [0.5, 0.6) is 11.5 Å². The fourth-order valence-electron chi connectivity index (χ4n) is 4.09. The van der Waals surface area contributed by atoms with E-state index >= 15 is 0 Å². The number of benzene rings is 4. The Morgan fingerprint density at radius 2 is 1.00 bits per heavy atom. The maximum absolute atomic E-state index is 5.69. The van der Waals surface area contributed by atoms with Crippen LogP contribution in [-0.2, 0) is 25.7 Å². The number of ether oxygens (including phenoxy) is 2. The molecule has 0 fully saturated rings. The summed E-state index contributed by atoms with van der Waals surface area (Å²) in [6, 6.07) is 30.7. The van der Waals surface area contributed by atoms with E-state index in [-0.39, 0.29) is 0 Å². The zero-order chi connectivity index (χ0) is 20.2. The standard InChI is InChI=1S/C28H26O2/c1-2-4-26-19-23(13-15-25(26)3-1)11-9-21-5-7-22(8-6-21)10-12-24-14-16-27-28(20-24)30-18-17-29-27/h1-8,13-16,19-20H,9-12,17-18H2. The van der Waals surface area contributed by atoms with Crippen LogP contribution in [0.3, 0.4) is 0 Å². The van der Waals surface area contributed by atoms with Crippen molar-refractivity contribution < 1.29 is 9.47 Å². The molecule has 30 heavy (non-hydrogen) atoms. The van der Waals surface area contributed by atoms with E-state index in [0.29, 0.717) is 13.2 Å². The molecule has 0 saturated carbocycles. The van der Waals surface area contributed by atoms with E-state index in [1.54, 1.807) is 0 Å². The zero-order valence-electron chi connectivity index (χ0n) is 17.1. The topological polar surface area (TPSA) is 18.5 Å². The lowest BCUT2D eigenvalue weighted by Gasteiger charge is -2.18. The molecule has 0 aromatic heterocycles. The Labute approximate surface area is 178 Å². The average molecular weight is 395 g/mol. The molecule has 0 aliphatic carbocycles. The van der Waals surface area contributed by atoms with E-state index < -0.39 is 0 Å². The van der Waals surface area contributed by atoms with Gasteiger partial charge in [-0.3, -0.25) is 0 Å². The first-order chi connectivity index (χ1) is 14.8. The summed E-state index contributed by atoms with van der Waals surface area (Å²) >= 11 is 0. The molecule has 4 aromatic carbocycles. The monoisotopic (exact) mass is 394 g/mol. The van der Waals surface area contributed by atoms with Gasteiger partial charge in [0.15, 0.2) is 11.5 Å². The van der Waals surface area contributed by atoms with Crippen molar-refractivity contribution in [3.8, 4) is 11.5 Å². The molecule has 1 aliphatic heterocycles. The van der Waals surface area contributed by atoms with Crippen LogP contribution in [0.15, 0.2) is 84.9 Å². The van der Waals surface area contributed by atoms with Gasteiger partial charge in [0.05, 0.1) is 0 Å². The summed E-state index contributed by atoms with van der Waals surface area (Å²) in [5, 5.41) is 2.63. The van der Waals surface area contributed by atoms with Gasteiger partial charge in [-0.15, -0.1) is 0 Å². The zero-order valence-corrected chi connectivity index (χ0v) is 17.1. The van der Waals surface area contributed by atoms with E-state index in [9.17, 15) is 0 Å². The highest BCUT2D eigenvalue weighted by molar-refractivity contribution is 5.83. The van der Waals surface area contributed by atoms with E-state index in [1.165, 1.54) is 33.0 Å². The van der Waals surface area contributed by atoms with Gasteiger partial charge in [-0.05, 0) is 70.8 Å². The SMILES string of the molecule is c1ccc2cc(CCc3ccc(CCc4ccc5c(c4)OCCO5)cc3)ccc2c1. The Kier molecular flexibility index (Phi) is 5.39. The van der Waals surface area contributed by atoms with E-state index in [1.807, 2.05) is 6.07 Å². The third-order valence-corrected chi connectivity index (χ3v) is 5.85. The molecule has 0 atom stereocenters. The summed E-state index contributed by atoms with van der Waals surface area (Å²) in [4.78, 5) is 0. The van der Waals surface area contributed by atoms with Crippen LogP contribution in [0.4, 0.5) is 0 Å². The summed E-state index contributed by atoms with van der Waals surface area (Å²) < 4.78 is 11.3. The molecule has 0 amide bonds. The van der Waals surface area contributed by atoms with Gasteiger partial charge in [0.1, 0.15) is 13.2 Å². The fraction of sp³-hybridized carbons (Fsp3) is 0.214. The normalized spacial score (nSPS) is 12.8. The fourth-order valence-corrected chi connectivity index (χ4v) is 4.09. The molecule has 0 spiro atoms. The molecular formula is C28H26O2. The Hall–Kier alpha value is -3.26. The van der Waals surface area contributed by atoms with Crippen molar-refractivity contribution in [1.82, 2.24) is 0 Å². The Morgan fingerprint density at radius 3 is 1.73 bits per heavy atom. The van der Waals surface area contributed by atoms with Gasteiger partial charge in [-0.1, -0.05) is 72.8 Å². The van der Waals surface area contributed by atoms with E-state index in [2.05, 4.69) is 78.9 Å². The van der Waals surface area contributed by atoms with Crippen molar-refractivity contribution >= 4 is 10.8 Å². The second-order valence-corrected chi connectivity index (χ2v) is 7.98. The molecule has 0 radical (unpaired) electrons. The summed E-state index contributed by atoms with van der Waals surface area (Å²) in [5.41, 5.74) is 5.46. The van der Waals surface area contributed by atoms with Crippen LogP contribution in [0.2, 0.25) is 0 Å². The molecule has 2 nitrogen and oxygen atoms in total. The Morgan fingerprint density at radius 1 is 0.467 bits per heavy atom. The number of hydrogen-bond acceptors (Lipinski definition) is 2. The highest BCUT2D eigenvalue weighted by atomic mass is 16.6.